The van der Waals surface area contributed by atoms with Crippen LogP contribution in [0.25, 0.3) is 0 Å². The van der Waals surface area contributed by atoms with Gasteiger partial charge in [0.15, 0.2) is 0 Å². The minimum absolute atomic E-state index is 0.135. The third-order valence-corrected chi connectivity index (χ3v) is 6.62. The summed E-state index contributed by atoms with van der Waals surface area (Å²) in [5, 5.41) is 7.54. The normalized spacial score (nSPS) is 26.2. The van der Waals surface area contributed by atoms with Gasteiger partial charge in [-0.2, -0.15) is 11.3 Å². The maximum Gasteiger partial charge on any atom is 0.150 e. The van der Waals surface area contributed by atoms with Crippen LogP contribution in [0.4, 0.5) is 0 Å². The summed E-state index contributed by atoms with van der Waals surface area (Å²) < 4.78 is 23.5. The van der Waals surface area contributed by atoms with Crippen molar-refractivity contribution in [2.24, 2.45) is 5.92 Å². The molecule has 1 aromatic rings. The molecule has 1 aromatic heterocycles. The van der Waals surface area contributed by atoms with Gasteiger partial charge in [-0.25, -0.2) is 8.42 Å². The Morgan fingerprint density at radius 1 is 1.47 bits per heavy atom. The van der Waals surface area contributed by atoms with Gasteiger partial charge < -0.3 is 5.32 Å². The van der Waals surface area contributed by atoms with Gasteiger partial charge in [0, 0.05) is 12.3 Å². The SMILES string of the molecule is CNC(Cc1ccsc1)C1CCCC(S(C)(=O)=O)C1. The first-order chi connectivity index (χ1) is 9.00. The number of likely N-dealkylation sites (N-methyl/N-ethyl adjacent to an activating group) is 1. The van der Waals surface area contributed by atoms with Gasteiger partial charge in [-0.1, -0.05) is 6.42 Å². The fourth-order valence-corrected chi connectivity index (χ4v) is 4.98. The number of hydrogen-bond donors (Lipinski definition) is 1. The second-order valence-corrected chi connectivity index (χ2v) is 8.71. The van der Waals surface area contributed by atoms with Crippen molar-refractivity contribution in [1.29, 1.82) is 0 Å². The molecule has 1 fully saturated rings. The molecule has 2 rings (SSSR count). The van der Waals surface area contributed by atoms with E-state index in [1.807, 2.05) is 7.05 Å². The second-order valence-electron chi connectivity index (χ2n) is 5.61. The van der Waals surface area contributed by atoms with E-state index < -0.39 is 9.84 Å². The Kier molecular flexibility index (Phi) is 5.03. The molecule has 5 heteroatoms. The molecular weight excluding hydrogens is 278 g/mol. The molecule has 1 aliphatic rings. The molecule has 3 unspecified atom stereocenters. The van der Waals surface area contributed by atoms with Gasteiger partial charge in [0.2, 0.25) is 0 Å². The van der Waals surface area contributed by atoms with Gasteiger partial charge in [-0.05, 0) is 61.0 Å². The maximum absolute atomic E-state index is 11.7. The van der Waals surface area contributed by atoms with Crippen molar-refractivity contribution < 1.29 is 8.42 Å². The molecule has 1 heterocycles. The Bertz CT molecular complexity index is 482. The lowest BCUT2D eigenvalue weighted by molar-refractivity contribution is 0.278. The van der Waals surface area contributed by atoms with Gasteiger partial charge in [0.25, 0.3) is 0 Å². The van der Waals surface area contributed by atoms with Crippen molar-refractivity contribution >= 4 is 21.2 Å². The summed E-state index contributed by atoms with van der Waals surface area (Å²) in [6.45, 7) is 0. The van der Waals surface area contributed by atoms with Crippen molar-refractivity contribution in [3.63, 3.8) is 0 Å². The highest BCUT2D eigenvalue weighted by Crippen LogP contribution is 2.31. The van der Waals surface area contributed by atoms with Gasteiger partial charge in [0.05, 0.1) is 5.25 Å². The third-order valence-electron chi connectivity index (χ3n) is 4.25. The zero-order chi connectivity index (χ0) is 13.9. The first kappa shape index (κ1) is 15.0. The van der Waals surface area contributed by atoms with E-state index in [0.29, 0.717) is 12.0 Å². The van der Waals surface area contributed by atoms with Crippen LogP contribution in [0.1, 0.15) is 31.2 Å². The van der Waals surface area contributed by atoms with E-state index in [1.54, 1.807) is 11.3 Å². The Balaban J connectivity index is 2.02. The van der Waals surface area contributed by atoms with Crippen molar-refractivity contribution in [3.05, 3.63) is 22.4 Å². The van der Waals surface area contributed by atoms with Gasteiger partial charge in [-0.3, -0.25) is 0 Å². The van der Waals surface area contributed by atoms with Gasteiger partial charge in [0.1, 0.15) is 9.84 Å². The third kappa shape index (κ3) is 4.04. The lowest BCUT2D eigenvalue weighted by atomic mass is 9.81. The highest BCUT2D eigenvalue weighted by molar-refractivity contribution is 7.91. The molecule has 0 aliphatic heterocycles. The molecular formula is C14H23NO2S2. The first-order valence-electron chi connectivity index (χ1n) is 6.88. The van der Waals surface area contributed by atoms with Crippen LogP contribution in [0.2, 0.25) is 0 Å². The van der Waals surface area contributed by atoms with Crippen LogP contribution in [0.15, 0.2) is 16.8 Å². The lowest BCUT2D eigenvalue weighted by Crippen LogP contribution is -2.40. The van der Waals surface area contributed by atoms with Gasteiger partial charge >= 0.3 is 0 Å². The second kappa shape index (κ2) is 6.37. The van der Waals surface area contributed by atoms with E-state index in [4.69, 9.17) is 0 Å². The van der Waals surface area contributed by atoms with Crippen molar-refractivity contribution in [2.45, 2.75) is 43.4 Å². The summed E-state index contributed by atoms with van der Waals surface area (Å²) >= 11 is 1.72. The topological polar surface area (TPSA) is 46.2 Å². The maximum atomic E-state index is 11.7. The standard InChI is InChI=1S/C14H23NO2S2/c1-15-14(8-11-6-7-18-10-11)12-4-3-5-13(9-12)19(2,16)17/h6-7,10,12-15H,3-5,8-9H2,1-2H3. The lowest BCUT2D eigenvalue weighted by Gasteiger charge is -2.33. The summed E-state index contributed by atoms with van der Waals surface area (Å²) in [6.07, 6.45) is 6.21. The molecule has 3 atom stereocenters. The Morgan fingerprint density at radius 2 is 2.26 bits per heavy atom. The quantitative estimate of drug-likeness (QED) is 0.909. The highest BCUT2D eigenvalue weighted by atomic mass is 32.2. The molecule has 0 aromatic carbocycles. The summed E-state index contributed by atoms with van der Waals surface area (Å²) in [4.78, 5) is 0. The number of nitrogens with one attached hydrogen (secondary N) is 1. The van der Waals surface area contributed by atoms with Crippen molar-refractivity contribution in [2.75, 3.05) is 13.3 Å². The Hall–Kier alpha value is -0.390. The van der Waals surface area contributed by atoms with Crippen molar-refractivity contribution in [3.8, 4) is 0 Å². The monoisotopic (exact) mass is 301 g/mol. The summed E-state index contributed by atoms with van der Waals surface area (Å²) in [7, 11) is -0.901. The Morgan fingerprint density at radius 3 is 2.84 bits per heavy atom. The van der Waals surface area contributed by atoms with Gasteiger partial charge in [-0.15, -0.1) is 0 Å². The van der Waals surface area contributed by atoms with Crippen LogP contribution in [0, 0.1) is 5.92 Å². The smallest absolute Gasteiger partial charge is 0.150 e. The molecule has 0 spiro atoms. The van der Waals surface area contributed by atoms with E-state index in [-0.39, 0.29) is 5.25 Å². The van der Waals surface area contributed by atoms with E-state index in [2.05, 4.69) is 22.1 Å². The van der Waals surface area contributed by atoms with Crippen LogP contribution >= 0.6 is 11.3 Å². The fraction of sp³-hybridized carbons (Fsp3) is 0.714. The highest BCUT2D eigenvalue weighted by Gasteiger charge is 2.32. The summed E-state index contributed by atoms with van der Waals surface area (Å²) in [6, 6.07) is 2.55. The molecule has 0 saturated heterocycles. The first-order valence-corrected chi connectivity index (χ1v) is 9.77. The molecule has 1 saturated carbocycles. The zero-order valence-corrected chi connectivity index (χ0v) is 13.3. The average Bonchev–Trinajstić information content (AvgIpc) is 2.88. The molecule has 0 amide bonds. The summed E-state index contributed by atoms with van der Waals surface area (Å²) in [5.41, 5.74) is 1.35. The Labute approximate surface area is 120 Å². The minimum atomic E-state index is -2.89. The molecule has 108 valence electrons. The molecule has 19 heavy (non-hydrogen) atoms. The molecule has 3 nitrogen and oxygen atoms in total. The number of hydrogen-bond acceptors (Lipinski definition) is 4. The van der Waals surface area contributed by atoms with Crippen LogP contribution in [0.5, 0.6) is 0 Å². The molecule has 1 N–H and O–H groups in total. The number of sulfone groups is 1. The molecule has 1 aliphatic carbocycles. The van der Waals surface area contributed by atoms with Crippen LogP contribution in [-0.4, -0.2) is 33.0 Å². The predicted octanol–water partition coefficient (Wildman–Crippen LogP) is 2.48. The van der Waals surface area contributed by atoms with Crippen molar-refractivity contribution in [1.82, 2.24) is 5.32 Å². The number of rotatable bonds is 5. The van der Waals surface area contributed by atoms with Crippen LogP contribution < -0.4 is 5.32 Å². The van der Waals surface area contributed by atoms with Crippen LogP contribution in [-0.2, 0) is 16.3 Å². The largest absolute Gasteiger partial charge is 0.316 e. The molecule has 0 radical (unpaired) electrons. The average molecular weight is 301 g/mol. The van der Waals surface area contributed by atoms with E-state index >= 15 is 0 Å². The minimum Gasteiger partial charge on any atom is -0.316 e. The van der Waals surface area contributed by atoms with Crippen LogP contribution in [0.3, 0.4) is 0 Å². The summed E-state index contributed by atoms with van der Waals surface area (Å²) in [5.74, 6) is 0.471. The van der Waals surface area contributed by atoms with E-state index in [9.17, 15) is 8.42 Å². The zero-order valence-electron chi connectivity index (χ0n) is 11.6. The predicted molar refractivity (Wildman–Crippen MR) is 81.5 cm³/mol. The fourth-order valence-electron chi connectivity index (χ4n) is 3.10. The number of thiophene rings is 1. The van der Waals surface area contributed by atoms with E-state index in [1.165, 1.54) is 11.8 Å². The molecule has 0 bridgehead atoms. The van der Waals surface area contributed by atoms with E-state index in [0.717, 1.165) is 32.1 Å².